The highest BCUT2D eigenvalue weighted by atomic mass is 16.5. The predicted octanol–water partition coefficient (Wildman–Crippen LogP) is 3.40. The Balaban J connectivity index is 1.61. The number of nitrogens with one attached hydrogen (secondary N) is 1. The van der Waals surface area contributed by atoms with Gasteiger partial charge >= 0.3 is 5.97 Å². The standard InChI is InChI=1S/C23H26N2O6/c1-15(22(27)24-17-12-19(29-2)14-20(13-17)30-3)31-23(28)16-7-9-18(10-8-16)25-11-5-4-6-21(25)26/h7-10,12-15H,4-6,11H2,1-3H3,(H,24,27)/t15-/m0/s1. The van der Waals surface area contributed by atoms with E-state index < -0.39 is 18.0 Å². The number of piperidine rings is 1. The monoisotopic (exact) mass is 426 g/mol. The number of carbonyl (C=O) groups excluding carboxylic acids is 3. The highest BCUT2D eigenvalue weighted by molar-refractivity contribution is 5.98. The summed E-state index contributed by atoms with van der Waals surface area (Å²) in [5.41, 5.74) is 1.51. The minimum atomic E-state index is -1.02. The van der Waals surface area contributed by atoms with Crippen LogP contribution in [0.4, 0.5) is 11.4 Å². The van der Waals surface area contributed by atoms with Crippen LogP contribution in [0.25, 0.3) is 0 Å². The van der Waals surface area contributed by atoms with E-state index in [0.29, 0.717) is 35.7 Å². The Hall–Kier alpha value is -3.55. The molecule has 2 amide bonds. The van der Waals surface area contributed by atoms with Crippen LogP contribution in [-0.2, 0) is 14.3 Å². The van der Waals surface area contributed by atoms with Crippen LogP contribution in [0.1, 0.15) is 36.5 Å². The molecule has 31 heavy (non-hydrogen) atoms. The molecule has 0 radical (unpaired) electrons. The number of hydrogen-bond donors (Lipinski definition) is 1. The molecule has 2 aromatic rings. The maximum Gasteiger partial charge on any atom is 0.338 e. The molecule has 0 aromatic heterocycles. The summed E-state index contributed by atoms with van der Waals surface area (Å²) in [7, 11) is 3.02. The molecule has 8 heteroatoms. The van der Waals surface area contributed by atoms with Crippen molar-refractivity contribution in [3.63, 3.8) is 0 Å². The summed E-state index contributed by atoms with van der Waals surface area (Å²) in [6.45, 7) is 2.17. The quantitative estimate of drug-likeness (QED) is 0.682. The van der Waals surface area contributed by atoms with Crippen LogP contribution in [0.3, 0.4) is 0 Å². The molecule has 3 rings (SSSR count). The zero-order chi connectivity index (χ0) is 22.4. The number of esters is 1. The number of methoxy groups -OCH3 is 2. The van der Waals surface area contributed by atoms with Gasteiger partial charge in [0.05, 0.1) is 19.8 Å². The maximum atomic E-state index is 12.5. The molecule has 1 aliphatic rings. The van der Waals surface area contributed by atoms with E-state index in [1.54, 1.807) is 47.4 Å². The van der Waals surface area contributed by atoms with Gasteiger partial charge in [0, 0.05) is 42.5 Å². The van der Waals surface area contributed by atoms with Gasteiger partial charge in [-0.1, -0.05) is 0 Å². The Morgan fingerprint density at radius 1 is 1.00 bits per heavy atom. The van der Waals surface area contributed by atoms with E-state index in [1.165, 1.54) is 21.1 Å². The zero-order valence-corrected chi connectivity index (χ0v) is 17.8. The number of rotatable bonds is 7. The van der Waals surface area contributed by atoms with Crippen LogP contribution < -0.4 is 19.7 Å². The summed E-state index contributed by atoms with van der Waals surface area (Å²) >= 11 is 0. The van der Waals surface area contributed by atoms with E-state index in [2.05, 4.69) is 5.32 Å². The Morgan fingerprint density at radius 2 is 1.65 bits per heavy atom. The van der Waals surface area contributed by atoms with Gasteiger partial charge in [0.15, 0.2) is 6.10 Å². The highest BCUT2D eigenvalue weighted by Gasteiger charge is 2.22. The van der Waals surface area contributed by atoms with Crippen molar-refractivity contribution in [3.8, 4) is 11.5 Å². The zero-order valence-electron chi connectivity index (χ0n) is 17.8. The first-order valence-electron chi connectivity index (χ1n) is 10.1. The van der Waals surface area contributed by atoms with Crippen LogP contribution >= 0.6 is 0 Å². The second-order valence-corrected chi connectivity index (χ2v) is 7.19. The van der Waals surface area contributed by atoms with E-state index >= 15 is 0 Å². The van der Waals surface area contributed by atoms with Gasteiger partial charge in [-0.05, 0) is 44.0 Å². The second kappa shape index (κ2) is 9.97. The van der Waals surface area contributed by atoms with Gasteiger partial charge in [0.1, 0.15) is 11.5 Å². The van der Waals surface area contributed by atoms with E-state index in [-0.39, 0.29) is 5.91 Å². The molecule has 0 spiro atoms. The molecular weight excluding hydrogens is 400 g/mol. The van der Waals surface area contributed by atoms with E-state index in [4.69, 9.17) is 14.2 Å². The first-order chi connectivity index (χ1) is 14.9. The molecule has 1 saturated heterocycles. The first-order valence-corrected chi connectivity index (χ1v) is 10.1. The summed E-state index contributed by atoms with van der Waals surface area (Å²) < 4.78 is 15.7. The molecule has 0 saturated carbocycles. The van der Waals surface area contributed by atoms with Gasteiger partial charge in [-0.25, -0.2) is 4.79 Å². The van der Waals surface area contributed by atoms with Gasteiger partial charge in [0.25, 0.3) is 5.91 Å². The number of nitrogens with zero attached hydrogens (tertiary/aromatic N) is 1. The molecule has 0 unspecified atom stereocenters. The Bertz CT molecular complexity index is 935. The van der Waals surface area contributed by atoms with Gasteiger partial charge in [-0.2, -0.15) is 0 Å². The molecule has 1 aliphatic heterocycles. The van der Waals surface area contributed by atoms with Gasteiger partial charge < -0.3 is 24.4 Å². The van der Waals surface area contributed by atoms with Crippen molar-refractivity contribution >= 4 is 29.2 Å². The summed E-state index contributed by atoms with van der Waals surface area (Å²) in [4.78, 5) is 38.7. The number of ether oxygens (including phenoxy) is 3. The topological polar surface area (TPSA) is 94.2 Å². The third-order valence-electron chi connectivity index (χ3n) is 5.01. The molecule has 1 N–H and O–H groups in total. The third-order valence-corrected chi connectivity index (χ3v) is 5.01. The Morgan fingerprint density at radius 3 is 2.23 bits per heavy atom. The third kappa shape index (κ3) is 5.53. The number of anilines is 2. The molecule has 8 nitrogen and oxygen atoms in total. The summed E-state index contributed by atoms with van der Waals surface area (Å²) in [5.74, 6) is 0.0146. The molecule has 164 valence electrons. The SMILES string of the molecule is COc1cc(NC(=O)[C@H](C)OC(=O)c2ccc(N3CCCCC3=O)cc2)cc(OC)c1. The van der Waals surface area contributed by atoms with E-state index in [0.717, 1.165) is 18.5 Å². The summed E-state index contributed by atoms with van der Waals surface area (Å²) in [6.07, 6.45) is 1.38. The molecule has 0 bridgehead atoms. The molecule has 2 aromatic carbocycles. The minimum Gasteiger partial charge on any atom is -0.497 e. The molecule has 0 aliphatic carbocycles. The van der Waals surface area contributed by atoms with Crippen LogP contribution in [0, 0.1) is 0 Å². The largest absolute Gasteiger partial charge is 0.497 e. The summed E-state index contributed by atoms with van der Waals surface area (Å²) in [6, 6.07) is 11.6. The van der Waals surface area contributed by atoms with E-state index in [1.807, 2.05) is 0 Å². The van der Waals surface area contributed by atoms with Crippen molar-refractivity contribution in [2.75, 3.05) is 31.0 Å². The van der Waals surface area contributed by atoms with Gasteiger partial charge in [0.2, 0.25) is 5.91 Å². The lowest BCUT2D eigenvalue weighted by Crippen LogP contribution is -2.35. The fourth-order valence-electron chi connectivity index (χ4n) is 3.26. The van der Waals surface area contributed by atoms with Crippen molar-refractivity contribution in [1.29, 1.82) is 0 Å². The van der Waals surface area contributed by atoms with Gasteiger partial charge in [-0.15, -0.1) is 0 Å². The van der Waals surface area contributed by atoms with Crippen molar-refractivity contribution < 1.29 is 28.6 Å². The van der Waals surface area contributed by atoms with E-state index in [9.17, 15) is 14.4 Å². The molecular formula is C23H26N2O6. The Kier molecular flexibility index (Phi) is 7.12. The van der Waals surface area contributed by atoms with Crippen LogP contribution in [0.5, 0.6) is 11.5 Å². The van der Waals surface area contributed by atoms with Crippen molar-refractivity contribution in [2.24, 2.45) is 0 Å². The average Bonchev–Trinajstić information content (AvgIpc) is 2.79. The van der Waals surface area contributed by atoms with Crippen molar-refractivity contribution in [2.45, 2.75) is 32.3 Å². The van der Waals surface area contributed by atoms with Crippen molar-refractivity contribution in [3.05, 3.63) is 48.0 Å². The summed E-state index contributed by atoms with van der Waals surface area (Å²) in [5, 5.41) is 2.68. The van der Waals surface area contributed by atoms with Crippen LogP contribution in [0.2, 0.25) is 0 Å². The fourth-order valence-corrected chi connectivity index (χ4v) is 3.26. The predicted molar refractivity (Wildman–Crippen MR) is 116 cm³/mol. The molecule has 1 fully saturated rings. The maximum absolute atomic E-state index is 12.5. The van der Waals surface area contributed by atoms with Crippen molar-refractivity contribution in [1.82, 2.24) is 0 Å². The lowest BCUT2D eigenvalue weighted by atomic mass is 10.1. The second-order valence-electron chi connectivity index (χ2n) is 7.19. The van der Waals surface area contributed by atoms with Gasteiger partial charge in [-0.3, -0.25) is 9.59 Å². The fraction of sp³-hybridized carbons (Fsp3) is 0.348. The first kappa shape index (κ1) is 22.1. The normalized spacial score (nSPS) is 14.5. The lowest BCUT2D eigenvalue weighted by molar-refractivity contribution is -0.123. The molecule has 1 heterocycles. The van der Waals surface area contributed by atoms with Crippen LogP contribution in [0.15, 0.2) is 42.5 Å². The number of benzene rings is 2. The number of amides is 2. The Labute approximate surface area is 181 Å². The highest BCUT2D eigenvalue weighted by Crippen LogP contribution is 2.26. The molecule has 1 atom stereocenters. The lowest BCUT2D eigenvalue weighted by Gasteiger charge is -2.26. The minimum absolute atomic E-state index is 0.0843. The van der Waals surface area contributed by atoms with Crippen LogP contribution in [-0.4, -0.2) is 44.7 Å². The smallest absolute Gasteiger partial charge is 0.338 e. The number of carbonyl (C=O) groups is 3. The average molecular weight is 426 g/mol. The number of hydrogen-bond acceptors (Lipinski definition) is 6.